The van der Waals surface area contributed by atoms with Gasteiger partial charge >= 0.3 is 0 Å². The first kappa shape index (κ1) is 11.8. The first-order chi connectivity index (χ1) is 7.87. The van der Waals surface area contributed by atoms with Crippen LogP contribution in [0.15, 0.2) is 12.3 Å². The number of fused-ring (bicyclic) bond motifs is 1. The van der Waals surface area contributed by atoms with Crippen LogP contribution in [0.25, 0.3) is 11.2 Å². The Bertz CT molecular complexity index is 521. The van der Waals surface area contributed by atoms with Gasteiger partial charge in [0.15, 0.2) is 5.65 Å². The van der Waals surface area contributed by atoms with E-state index in [4.69, 9.17) is 0 Å². The molecule has 0 amide bonds. The van der Waals surface area contributed by atoms with Gasteiger partial charge in [-0.25, -0.2) is 9.67 Å². The fourth-order valence-corrected chi connectivity index (χ4v) is 1.68. The summed E-state index contributed by atoms with van der Waals surface area (Å²) in [5.41, 5.74) is 2.65. The molecule has 0 radical (unpaired) electrons. The Kier molecular flexibility index (Phi) is 2.77. The molecule has 0 aromatic carbocycles. The normalized spacial score (nSPS) is 12.4. The lowest BCUT2D eigenvalue weighted by molar-refractivity contribution is 0.526. The highest BCUT2D eigenvalue weighted by molar-refractivity contribution is 5.74. The third kappa shape index (κ3) is 2.54. The molecule has 0 saturated heterocycles. The van der Waals surface area contributed by atoms with Gasteiger partial charge in [-0.1, -0.05) is 5.21 Å². The first-order valence-electron chi connectivity index (χ1n) is 5.86. The van der Waals surface area contributed by atoms with Crippen LogP contribution in [0.2, 0.25) is 0 Å². The Morgan fingerprint density at radius 3 is 2.59 bits per heavy atom. The van der Waals surface area contributed by atoms with E-state index in [1.165, 1.54) is 0 Å². The third-order valence-electron chi connectivity index (χ3n) is 2.32. The van der Waals surface area contributed by atoms with Crippen LogP contribution in [0, 0.1) is 0 Å². The minimum atomic E-state index is 0.0173. The third-order valence-corrected chi connectivity index (χ3v) is 2.32. The molecule has 5 heteroatoms. The van der Waals surface area contributed by atoms with Crippen molar-refractivity contribution in [3.8, 4) is 0 Å². The molecule has 1 N–H and O–H groups in total. The highest BCUT2D eigenvalue weighted by atomic mass is 15.4. The van der Waals surface area contributed by atoms with E-state index < -0.39 is 0 Å². The van der Waals surface area contributed by atoms with Crippen molar-refractivity contribution < 1.29 is 0 Å². The summed E-state index contributed by atoms with van der Waals surface area (Å²) in [4.78, 5) is 4.42. The first-order valence-corrected chi connectivity index (χ1v) is 5.86. The number of rotatable bonds is 2. The lowest BCUT2D eigenvalue weighted by Gasteiger charge is -2.21. The fraction of sp³-hybridized carbons (Fsp3) is 0.583. The van der Waals surface area contributed by atoms with E-state index in [1.807, 2.05) is 16.9 Å². The zero-order valence-corrected chi connectivity index (χ0v) is 11.0. The summed E-state index contributed by atoms with van der Waals surface area (Å²) in [7, 11) is 0. The molecule has 0 aliphatic carbocycles. The Morgan fingerprint density at radius 1 is 1.29 bits per heavy atom. The largest absolute Gasteiger partial charge is 0.379 e. The van der Waals surface area contributed by atoms with Crippen LogP contribution in [-0.4, -0.2) is 25.5 Å². The molecule has 0 aliphatic heterocycles. The van der Waals surface area contributed by atoms with Crippen LogP contribution in [0.5, 0.6) is 0 Å². The Balaban J connectivity index is 2.39. The highest BCUT2D eigenvalue weighted by Crippen LogP contribution is 2.19. The minimum absolute atomic E-state index is 0.0173. The zero-order chi connectivity index (χ0) is 12.6. The van der Waals surface area contributed by atoms with E-state index >= 15 is 0 Å². The van der Waals surface area contributed by atoms with Gasteiger partial charge < -0.3 is 5.32 Å². The molecule has 2 heterocycles. The molecule has 0 unspecified atom stereocenters. The van der Waals surface area contributed by atoms with E-state index in [9.17, 15) is 0 Å². The molecule has 17 heavy (non-hydrogen) atoms. The summed E-state index contributed by atoms with van der Waals surface area (Å²) >= 11 is 0. The van der Waals surface area contributed by atoms with Gasteiger partial charge in [0.1, 0.15) is 5.52 Å². The van der Waals surface area contributed by atoms with Crippen molar-refractivity contribution >= 4 is 16.9 Å². The van der Waals surface area contributed by atoms with E-state index in [0.717, 1.165) is 16.9 Å². The quantitative estimate of drug-likeness (QED) is 0.866. The van der Waals surface area contributed by atoms with Crippen LogP contribution in [0.3, 0.4) is 0 Å². The zero-order valence-electron chi connectivity index (χ0n) is 11.0. The number of hydrogen-bond acceptors (Lipinski definition) is 4. The summed E-state index contributed by atoms with van der Waals surface area (Å²) in [5, 5.41) is 11.6. The Hall–Kier alpha value is -1.65. The number of hydrogen-bond donors (Lipinski definition) is 1. The smallest absolute Gasteiger partial charge is 0.178 e. The summed E-state index contributed by atoms with van der Waals surface area (Å²) in [6.45, 7) is 10.5. The molecule has 2 aromatic heterocycles. The average molecular weight is 233 g/mol. The maximum absolute atomic E-state index is 4.42. The molecule has 0 saturated carbocycles. The number of anilines is 1. The predicted octanol–water partition coefficient (Wildman–Crippen LogP) is 2.62. The van der Waals surface area contributed by atoms with Crippen molar-refractivity contribution in [3.63, 3.8) is 0 Å². The van der Waals surface area contributed by atoms with Crippen molar-refractivity contribution in [2.75, 3.05) is 5.32 Å². The molecule has 2 aromatic rings. The van der Waals surface area contributed by atoms with Gasteiger partial charge in [-0.2, -0.15) is 0 Å². The number of aromatic nitrogens is 4. The highest BCUT2D eigenvalue weighted by Gasteiger charge is 2.13. The molecule has 0 fully saturated rings. The van der Waals surface area contributed by atoms with E-state index in [2.05, 4.69) is 55.2 Å². The predicted molar refractivity (Wildman–Crippen MR) is 69.1 cm³/mol. The molecule has 5 nitrogen and oxygen atoms in total. The topological polar surface area (TPSA) is 55.6 Å². The lowest BCUT2D eigenvalue weighted by Crippen LogP contribution is -2.26. The fourth-order valence-electron chi connectivity index (χ4n) is 1.68. The average Bonchev–Trinajstić information content (AvgIpc) is 2.57. The van der Waals surface area contributed by atoms with Crippen LogP contribution in [-0.2, 0) is 0 Å². The van der Waals surface area contributed by atoms with Crippen molar-refractivity contribution in [3.05, 3.63) is 12.3 Å². The van der Waals surface area contributed by atoms with Crippen molar-refractivity contribution in [1.82, 2.24) is 20.0 Å². The maximum atomic E-state index is 4.42. The van der Waals surface area contributed by atoms with Crippen LogP contribution < -0.4 is 5.32 Å². The molecule has 0 atom stereocenters. The molecule has 0 aliphatic rings. The Labute approximate surface area is 101 Å². The molecule has 0 spiro atoms. The summed E-state index contributed by atoms with van der Waals surface area (Å²) < 4.78 is 1.83. The van der Waals surface area contributed by atoms with Gasteiger partial charge in [0.25, 0.3) is 0 Å². The monoisotopic (exact) mass is 233 g/mol. The van der Waals surface area contributed by atoms with Crippen LogP contribution in [0.4, 0.5) is 5.69 Å². The van der Waals surface area contributed by atoms with Gasteiger partial charge in [0.05, 0.1) is 17.9 Å². The standard InChI is InChI=1S/C12H19N5/c1-8(2)17-11-10(15-16-17)6-9(7-13-11)14-12(3,4)5/h6-8,14H,1-5H3. The van der Waals surface area contributed by atoms with Crippen LogP contribution >= 0.6 is 0 Å². The summed E-state index contributed by atoms with van der Waals surface area (Å²) in [5.74, 6) is 0. The molecule has 2 rings (SSSR count). The second-order valence-corrected chi connectivity index (χ2v) is 5.57. The SMILES string of the molecule is CC(C)n1nnc2cc(NC(C)(C)C)cnc21. The molecular weight excluding hydrogens is 214 g/mol. The van der Waals surface area contributed by atoms with Crippen molar-refractivity contribution in [2.45, 2.75) is 46.2 Å². The summed E-state index contributed by atoms with van der Waals surface area (Å²) in [6.07, 6.45) is 1.83. The van der Waals surface area contributed by atoms with E-state index in [1.54, 1.807) is 0 Å². The lowest BCUT2D eigenvalue weighted by atomic mass is 10.1. The van der Waals surface area contributed by atoms with Gasteiger partial charge in [0.2, 0.25) is 0 Å². The van der Waals surface area contributed by atoms with E-state index in [0.29, 0.717) is 0 Å². The molecular formula is C12H19N5. The minimum Gasteiger partial charge on any atom is -0.379 e. The van der Waals surface area contributed by atoms with Gasteiger partial charge in [-0.05, 0) is 40.7 Å². The van der Waals surface area contributed by atoms with Gasteiger partial charge in [0, 0.05) is 5.54 Å². The number of pyridine rings is 1. The van der Waals surface area contributed by atoms with Gasteiger partial charge in [-0.3, -0.25) is 0 Å². The molecule has 0 bridgehead atoms. The second kappa shape index (κ2) is 3.98. The Morgan fingerprint density at radius 2 is 2.00 bits per heavy atom. The van der Waals surface area contributed by atoms with Crippen molar-refractivity contribution in [2.24, 2.45) is 0 Å². The number of nitrogens with one attached hydrogen (secondary N) is 1. The second-order valence-electron chi connectivity index (χ2n) is 5.57. The number of nitrogens with zero attached hydrogens (tertiary/aromatic N) is 4. The maximum Gasteiger partial charge on any atom is 0.178 e. The van der Waals surface area contributed by atoms with Crippen LogP contribution in [0.1, 0.15) is 40.7 Å². The summed E-state index contributed by atoms with van der Waals surface area (Å²) in [6, 6.07) is 2.26. The van der Waals surface area contributed by atoms with Gasteiger partial charge in [-0.15, -0.1) is 5.10 Å². The molecule has 92 valence electrons. The van der Waals surface area contributed by atoms with Crippen molar-refractivity contribution in [1.29, 1.82) is 0 Å². The van der Waals surface area contributed by atoms with E-state index in [-0.39, 0.29) is 11.6 Å².